The van der Waals surface area contributed by atoms with Crippen molar-refractivity contribution in [2.45, 2.75) is 6.42 Å². The number of amides is 1. The molecule has 0 bridgehead atoms. The van der Waals surface area contributed by atoms with Crippen LogP contribution in [0.2, 0.25) is 10.2 Å². The maximum Gasteiger partial charge on any atom is 0.254 e. The summed E-state index contributed by atoms with van der Waals surface area (Å²) < 4.78 is 13.7. The maximum atomic E-state index is 13.7. The van der Waals surface area contributed by atoms with Crippen molar-refractivity contribution in [1.29, 1.82) is 5.26 Å². The highest BCUT2D eigenvalue weighted by atomic mass is 35.5. The highest BCUT2D eigenvalue weighted by Crippen LogP contribution is 2.18. The minimum atomic E-state index is -0.728. The Kier molecular flexibility index (Phi) is 6.29. The maximum absolute atomic E-state index is 13.7. The SMILES string of the molecule is N#Cc1ccc(C(=O)NCCCNc2ncc(Cl)c(Cl)n2)c(F)c1. The minimum Gasteiger partial charge on any atom is -0.354 e. The van der Waals surface area contributed by atoms with Crippen LogP contribution in [0, 0.1) is 17.1 Å². The Morgan fingerprint density at radius 3 is 2.79 bits per heavy atom. The molecule has 124 valence electrons. The van der Waals surface area contributed by atoms with Crippen LogP contribution in [0.1, 0.15) is 22.3 Å². The van der Waals surface area contributed by atoms with Crippen LogP contribution in [0.5, 0.6) is 0 Å². The van der Waals surface area contributed by atoms with Crippen LogP contribution in [-0.2, 0) is 0 Å². The van der Waals surface area contributed by atoms with Crippen LogP contribution in [0.3, 0.4) is 0 Å². The predicted molar refractivity (Wildman–Crippen MR) is 88.6 cm³/mol. The van der Waals surface area contributed by atoms with Crippen molar-refractivity contribution in [1.82, 2.24) is 15.3 Å². The van der Waals surface area contributed by atoms with Crippen molar-refractivity contribution in [3.63, 3.8) is 0 Å². The van der Waals surface area contributed by atoms with Crippen LogP contribution in [0.25, 0.3) is 0 Å². The predicted octanol–water partition coefficient (Wildman–Crippen LogP) is 3.03. The van der Waals surface area contributed by atoms with E-state index in [4.69, 9.17) is 28.5 Å². The zero-order valence-corrected chi connectivity index (χ0v) is 13.8. The van der Waals surface area contributed by atoms with E-state index < -0.39 is 11.7 Å². The van der Waals surface area contributed by atoms with Gasteiger partial charge in [-0.1, -0.05) is 23.2 Å². The van der Waals surface area contributed by atoms with Crippen molar-refractivity contribution in [2.75, 3.05) is 18.4 Å². The molecule has 0 spiro atoms. The van der Waals surface area contributed by atoms with Crippen molar-refractivity contribution in [3.05, 3.63) is 51.5 Å². The van der Waals surface area contributed by atoms with E-state index in [9.17, 15) is 9.18 Å². The fourth-order valence-corrected chi connectivity index (χ4v) is 2.01. The van der Waals surface area contributed by atoms with Crippen LogP contribution in [-0.4, -0.2) is 29.0 Å². The first-order chi connectivity index (χ1) is 11.5. The van der Waals surface area contributed by atoms with Crippen molar-refractivity contribution >= 4 is 35.1 Å². The second-order valence-electron chi connectivity index (χ2n) is 4.68. The highest BCUT2D eigenvalue weighted by Gasteiger charge is 2.11. The number of hydrogen-bond donors (Lipinski definition) is 2. The van der Waals surface area contributed by atoms with Crippen LogP contribution < -0.4 is 10.6 Å². The standard InChI is InChI=1S/C15H12Cl2FN5O/c16-11-8-22-15(23-13(11)17)21-5-1-4-20-14(24)10-3-2-9(7-19)6-12(10)18/h2-3,6,8H,1,4-5H2,(H,20,24)(H,21,22,23). The lowest BCUT2D eigenvalue weighted by Crippen LogP contribution is -2.26. The Bertz CT molecular complexity index is 794. The number of carbonyl (C=O) groups excluding carboxylic acids is 1. The molecule has 0 saturated heterocycles. The molecule has 0 atom stereocenters. The van der Waals surface area contributed by atoms with Crippen LogP contribution >= 0.6 is 23.2 Å². The number of nitrogens with zero attached hydrogens (tertiary/aromatic N) is 3. The molecular weight excluding hydrogens is 356 g/mol. The summed E-state index contributed by atoms with van der Waals surface area (Å²) in [7, 11) is 0. The number of nitrogens with one attached hydrogen (secondary N) is 2. The average Bonchev–Trinajstić information content (AvgIpc) is 2.57. The molecule has 1 aromatic heterocycles. The largest absolute Gasteiger partial charge is 0.354 e. The molecule has 0 aliphatic carbocycles. The first-order valence-corrected chi connectivity index (χ1v) is 7.66. The Labute approximate surface area is 147 Å². The summed E-state index contributed by atoms with van der Waals surface area (Å²) >= 11 is 11.5. The van der Waals surface area contributed by atoms with Crippen molar-refractivity contribution in [3.8, 4) is 6.07 Å². The molecule has 1 heterocycles. The number of rotatable bonds is 6. The molecule has 1 amide bonds. The van der Waals surface area contributed by atoms with Crippen LogP contribution in [0.15, 0.2) is 24.4 Å². The van der Waals surface area contributed by atoms with Gasteiger partial charge in [0.2, 0.25) is 5.95 Å². The Hall–Kier alpha value is -2.43. The molecule has 2 rings (SSSR count). The Morgan fingerprint density at radius 1 is 1.33 bits per heavy atom. The van der Waals surface area contributed by atoms with E-state index in [2.05, 4.69) is 20.6 Å². The van der Waals surface area contributed by atoms with Gasteiger partial charge in [0.25, 0.3) is 5.91 Å². The van der Waals surface area contributed by atoms with Gasteiger partial charge in [0.05, 0.1) is 28.4 Å². The van der Waals surface area contributed by atoms with Gasteiger partial charge in [-0.25, -0.2) is 9.37 Å². The number of aromatic nitrogens is 2. The van der Waals surface area contributed by atoms with Gasteiger partial charge in [-0.2, -0.15) is 10.2 Å². The second kappa shape index (κ2) is 8.43. The first-order valence-electron chi connectivity index (χ1n) is 6.91. The van der Waals surface area contributed by atoms with Gasteiger partial charge in [-0.15, -0.1) is 0 Å². The van der Waals surface area contributed by atoms with Gasteiger partial charge in [0.15, 0.2) is 5.15 Å². The fourth-order valence-electron chi connectivity index (χ4n) is 1.79. The Balaban J connectivity index is 1.77. The number of hydrogen-bond acceptors (Lipinski definition) is 5. The normalized spacial score (nSPS) is 10.1. The third-order valence-corrected chi connectivity index (χ3v) is 3.63. The van der Waals surface area contributed by atoms with Crippen molar-refractivity contribution in [2.24, 2.45) is 0 Å². The minimum absolute atomic E-state index is 0.102. The molecule has 0 radical (unpaired) electrons. The summed E-state index contributed by atoms with van der Waals surface area (Å²) in [6, 6.07) is 5.51. The second-order valence-corrected chi connectivity index (χ2v) is 5.44. The zero-order valence-electron chi connectivity index (χ0n) is 12.3. The van der Waals surface area contributed by atoms with E-state index in [1.54, 1.807) is 0 Å². The quantitative estimate of drug-likeness (QED) is 0.604. The van der Waals surface area contributed by atoms with Gasteiger partial charge in [-0.05, 0) is 24.6 Å². The van der Waals surface area contributed by atoms with Crippen molar-refractivity contribution < 1.29 is 9.18 Å². The lowest BCUT2D eigenvalue weighted by molar-refractivity contribution is 0.0949. The third kappa shape index (κ3) is 4.78. The van der Waals surface area contributed by atoms with E-state index in [1.807, 2.05) is 6.07 Å². The number of benzene rings is 1. The molecule has 0 fully saturated rings. The highest BCUT2D eigenvalue weighted by molar-refractivity contribution is 6.41. The smallest absolute Gasteiger partial charge is 0.254 e. The molecule has 0 unspecified atom stereocenters. The van der Waals surface area contributed by atoms with E-state index in [-0.39, 0.29) is 21.3 Å². The molecule has 1 aromatic carbocycles. The molecule has 6 nitrogen and oxygen atoms in total. The van der Waals surface area contributed by atoms with Gasteiger partial charge < -0.3 is 10.6 Å². The number of carbonyl (C=O) groups is 1. The number of nitriles is 1. The lowest BCUT2D eigenvalue weighted by Gasteiger charge is -2.07. The van der Waals surface area contributed by atoms with Gasteiger partial charge in [-0.3, -0.25) is 4.79 Å². The summed E-state index contributed by atoms with van der Waals surface area (Å²) in [6.45, 7) is 0.806. The topological polar surface area (TPSA) is 90.7 Å². The van der Waals surface area contributed by atoms with Crippen LogP contribution in [0.4, 0.5) is 10.3 Å². The molecular formula is C15H12Cl2FN5O. The molecule has 2 aromatic rings. The third-order valence-electron chi connectivity index (χ3n) is 2.97. The van der Waals surface area contributed by atoms with E-state index in [0.717, 1.165) is 6.07 Å². The summed E-state index contributed by atoms with van der Waals surface area (Å²) in [6.07, 6.45) is 1.95. The number of anilines is 1. The van der Waals surface area contributed by atoms with E-state index in [0.29, 0.717) is 25.5 Å². The lowest BCUT2D eigenvalue weighted by atomic mass is 10.1. The van der Waals surface area contributed by atoms with E-state index >= 15 is 0 Å². The first kappa shape index (κ1) is 17.9. The van der Waals surface area contributed by atoms with Gasteiger partial charge >= 0.3 is 0 Å². The number of halogens is 3. The average molecular weight is 368 g/mol. The summed E-state index contributed by atoms with van der Waals surface area (Å²) in [5, 5.41) is 14.6. The van der Waals surface area contributed by atoms with Gasteiger partial charge in [0.1, 0.15) is 5.82 Å². The molecule has 0 aliphatic heterocycles. The summed E-state index contributed by atoms with van der Waals surface area (Å²) in [5.41, 5.74) is 0.0599. The molecule has 9 heteroatoms. The van der Waals surface area contributed by atoms with E-state index in [1.165, 1.54) is 18.3 Å². The fraction of sp³-hybridized carbons (Fsp3) is 0.200. The zero-order chi connectivity index (χ0) is 17.5. The molecule has 0 saturated carbocycles. The molecule has 24 heavy (non-hydrogen) atoms. The Morgan fingerprint density at radius 2 is 2.12 bits per heavy atom. The summed E-state index contributed by atoms with van der Waals surface area (Å²) in [5.74, 6) is -0.939. The van der Waals surface area contributed by atoms with Gasteiger partial charge in [0, 0.05) is 13.1 Å². The molecule has 2 N–H and O–H groups in total. The molecule has 0 aliphatic rings. The monoisotopic (exact) mass is 367 g/mol. The summed E-state index contributed by atoms with van der Waals surface area (Å²) in [4.78, 5) is 19.7.